The molecule has 0 amide bonds. The minimum Gasteiger partial charge on any atom is -0.462 e. The van der Waals surface area contributed by atoms with Crippen LogP contribution >= 0.6 is 0 Å². The van der Waals surface area contributed by atoms with Gasteiger partial charge in [0.15, 0.2) is 0 Å². The first-order chi connectivity index (χ1) is 9.15. The van der Waals surface area contributed by atoms with Gasteiger partial charge in [-0.1, -0.05) is 31.7 Å². The molecule has 1 aromatic rings. The van der Waals surface area contributed by atoms with Gasteiger partial charge in [-0.2, -0.15) is 0 Å². The maximum absolute atomic E-state index is 12.0. The molecule has 0 N–H and O–H groups in total. The molecule has 0 bridgehead atoms. The molecule has 19 heavy (non-hydrogen) atoms. The number of rotatable bonds is 6. The van der Waals surface area contributed by atoms with Gasteiger partial charge in [0.25, 0.3) is 0 Å². The average molecular weight is 262 g/mol. The largest absolute Gasteiger partial charge is 0.462 e. The van der Waals surface area contributed by atoms with E-state index in [0.29, 0.717) is 12.0 Å². The zero-order valence-corrected chi connectivity index (χ0v) is 11.3. The third-order valence-electron chi connectivity index (χ3n) is 2.56. The summed E-state index contributed by atoms with van der Waals surface area (Å²) in [5.74, 6) is -1.04. The van der Waals surface area contributed by atoms with Crippen molar-refractivity contribution in [2.45, 2.75) is 20.3 Å². The van der Waals surface area contributed by atoms with Gasteiger partial charge in [-0.25, -0.2) is 9.59 Å². The number of aryl methyl sites for hydroxylation is 1. The fourth-order valence-electron chi connectivity index (χ4n) is 1.72. The molecule has 0 radical (unpaired) electrons. The molecule has 0 unspecified atom stereocenters. The standard InChI is InChI=1S/C15H18O4/c1-4-10-19-14(16)12-9-7-8-11(5-2)13(12)15(17)18-6-3/h4,7-9H,1,5-6,10H2,2-3H3. The number of carbonyl (C=O) groups is 2. The van der Waals surface area contributed by atoms with Crippen molar-refractivity contribution >= 4 is 11.9 Å². The van der Waals surface area contributed by atoms with E-state index < -0.39 is 11.9 Å². The summed E-state index contributed by atoms with van der Waals surface area (Å²) in [6, 6.07) is 5.10. The van der Waals surface area contributed by atoms with E-state index in [2.05, 4.69) is 6.58 Å². The lowest BCUT2D eigenvalue weighted by atomic mass is 9.99. The predicted molar refractivity (Wildman–Crippen MR) is 72.3 cm³/mol. The molecule has 1 rings (SSSR count). The molecule has 0 heterocycles. The van der Waals surface area contributed by atoms with E-state index in [9.17, 15) is 9.59 Å². The first-order valence-corrected chi connectivity index (χ1v) is 6.22. The smallest absolute Gasteiger partial charge is 0.339 e. The summed E-state index contributed by atoms with van der Waals surface area (Å²) in [7, 11) is 0. The van der Waals surface area contributed by atoms with Gasteiger partial charge in [-0.3, -0.25) is 0 Å². The third kappa shape index (κ3) is 3.68. The Kier molecular flexibility index (Phi) is 5.79. The minimum atomic E-state index is -0.543. The number of ether oxygens (including phenoxy) is 2. The Morgan fingerprint density at radius 2 is 1.95 bits per heavy atom. The summed E-state index contributed by atoms with van der Waals surface area (Å²) in [6.45, 7) is 7.49. The van der Waals surface area contributed by atoms with Gasteiger partial charge in [0.1, 0.15) is 6.61 Å². The maximum Gasteiger partial charge on any atom is 0.339 e. The second-order valence-corrected chi connectivity index (χ2v) is 3.80. The zero-order chi connectivity index (χ0) is 14.3. The molecule has 4 nitrogen and oxygen atoms in total. The third-order valence-corrected chi connectivity index (χ3v) is 2.56. The molecule has 0 fully saturated rings. The van der Waals surface area contributed by atoms with E-state index in [0.717, 1.165) is 5.56 Å². The predicted octanol–water partition coefficient (Wildman–Crippen LogP) is 2.77. The Bertz CT molecular complexity index is 477. The van der Waals surface area contributed by atoms with Crippen molar-refractivity contribution in [2.24, 2.45) is 0 Å². The molecule has 0 aliphatic carbocycles. The monoisotopic (exact) mass is 262 g/mol. The van der Waals surface area contributed by atoms with Crippen LogP contribution < -0.4 is 0 Å². The number of carbonyl (C=O) groups excluding carboxylic acids is 2. The summed E-state index contributed by atoms with van der Waals surface area (Å²) in [4.78, 5) is 23.9. The Balaban J connectivity index is 3.18. The molecular weight excluding hydrogens is 244 g/mol. The minimum absolute atomic E-state index is 0.109. The fraction of sp³-hybridized carbons (Fsp3) is 0.333. The highest BCUT2D eigenvalue weighted by atomic mass is 16.5. The lowest BCUT2D eigenvalue weighted by molar-refractivity contribution is 0.0488. The van der Waals surface area contributed by atoms with Crippen LogP contribution in [-0.4, -0.2) is 25.2 Å². The van der Waals surface area contributed by atoms with Crippen molar-refractivity contribution in [1.29, 1.82) is 0 Å². The first kappa shape index (κ1) is 15.0. The van der Waals surface area contributed by atoms with E-state index in [1.165, 1.54) is 6.08 Å². The second kappa shape index (κ2) is 7.36. The van der Waals surface area contributed by atoms with Gasteiger partial charge in [0.2, 0.25) is 0 Å². The molecule has 0 saturated carbocycles. The number of esters is 2. The summed E-state index contributed by atoms with van der Waals surface area (Å²) in [6.07, 6.45) is 2.11. The molecule has 102 valence electrons. The van der Waals surface area contributed by atoms with Crippen LogP contribution in [0.2, 0.25) is 0 Å². The Hall–Kier alpha value is -2.10. The van der Waals surface area contributed by atoms with Gasteiger partial charge in [-0.15, -0.1) is 0 Å². The lowest BCUT2D eigenvalue weighted by Gasteiger charge is -2.12. The van der Waals surface area contributed by atoms with Gasteiger partial charge in [0, 0.05) is 0 Å². The number of benzene rings is 1. The zero-order valence-electron chi connectivity index (χ0n) is 11.3. The Labute approximate surface area is 113 Å². The number of hydrogen-bond acceptors (Lipinski definition) is 4. The van der Waals surface area contributed by atoms with Gasteiger partial charge in [-0.05, 0) is 25.0 Å². The lowest BCUT2D eigenvalue weighted by Crippen LogP contribution is -2.16. The second-order valence-electron chi connectivity index (χ2n) is 3.80. The van der Waals surface area contributed by atoms with Crippen molar-refractivity contribution < 1.29 is 19.1 Å². The van der Waals surface area contributed by atoms with Gasteiger partial charge < -0.3 is 9.47 Å². The van der Waals surface area contributed by atoms with Crippen LogP contribution in [-0.2, 0) is 15.9 Å². The first-order valence-electron chi connectivity index (χ1n) is 6.22. The van der Waals surface area contributed by atoms with Crippen molar-refractivity contribution in [2.75, 3.05) is 13.2 Å². The van der Waals surface area contributed by atoms with Crippen molar-refractivity contribution in [1.82, 2.24) is 0 Å². The maximum atomic E-state index is 12.0. The van der Waals surface area contributed by atoms with Crippen LogP contribution in [0.15, 0.2) is 30.9 Å². The highest BCUT2D eigenvalue weighted by Gasteiger charge is 2.21. The molecule has 0 saturated heterocycles. The summed E-state index contributed by atoms with van der Waals surface area (Å²) >= 11 is 0. The summed E-state index contributed by atoms with van der Waals surface area (Å²) in [5.41, 5.74) is 1.30. The van der Waals surface area contributed by atoms with E-state index in [1.54, 1.807) is 25.1 Å². The van der Waals surface area contributed by atoms with Gasteiger partial charge in [0.05, 0.1) is 17.7 Å². The molecular formula is C15H18O4. The Morgan fingerprint density at radius 1 is 1.21 bits per heavy atom. The van der Waals surface area contributed by atoms with E-state index in [1.807, 2.05) is 6.92 Å². The van der Waals surface area contributed by atoms with Gasteiger partial charge >= 0.3 is 11.9 Å². The van der Waals surface area contributed by atoms with Crippen LogP contribution in [0, 0.1) is 0 Å². The summed E-state index contributed by atoms with van der Waals surface area (Å²) in [5, 5.41) is 0. The molecule has 0 spiro atoms. The Morgan fingerprint density at radius 3 is 2.53 bits per heavy atom. The van der Waals surface area contributed by atoms with E-state index in [-0.39, 0.29) is 18.8 Å². The van der Waals surface area contributed by atoms with Crippen molar-refractivity contribution in [3.63, 3.8) is 0 Å². The van der Waals surface area contributed by atoms with E-state index in [4.69, 9.17) is 9.47 Å². The molecule has 1 aromatic carbocycles. The normalized spacial score (nSPS) is 9.79. The highest BCUT2D eigenvalue weighted by Crippen LogP contribution is 2.18. The molecule has 0 aromatic heterocycles. The SMILES string of the molecule is C=CCOC(=O)c1cccc(CC)c1C(=O)OCC. The molecule has 0 aliphatic heterocycles. The van der Waals surface area contributed by atoms with Crippen LogP contribution in [0.4, 0.5) is 0 Å². The van der Waals surface area contributed by atoms with Crippen LogP contribution in [0.25, 0.3) is 0 Å². The van der Waals surface area contributed by atoms with Crippen molar-refractivity contribution in [3.8, 4) is 0 Å². The average Bonchev–Trinajstić information content (AvgIpc) is 2.43. The fourth-order valence-corrected chi connectivity index (χ4v) is 1.72. The number of hydrogen-bond donors (Lipinski definition) is 0. The molecule has 4 heteroatoms. The van der Waals surface area contributed by atoms with Crippen molar-refractivity contribution in [3.05, 3.63) is 47.5 Å². The summed E-state index contributed by atoms with van der Waals surface area (Å²) < 4.78 is 9.98. The van der Waals surface area contributed by atoms with E-state index >= 15 is 0 Å². The topological polar surface area (TPSA) is 52.6 Å². The quantitative estimate of drug-likeness (QED) is 0.584. The van der Waals surface area contributed by atoms with Crippen LogP contribution in [0.5, 0.6) is 0 Å². The highest BCUT2D eigenvalue weighted by molar-refractivity contribution is 6.04. The van der Waals surface area contributed by atoms with Crippen LogP contribution in [0.3, 0.4) is 0 Å². The molecule has 0 atom stereocenters. The molecule has 0 aliphatic rings. The van der Waals surface area contributed by atoms with Crippen LogP contribution in [0.1, 0.15) is 40.1 Å².